The Morgan fingerprint density at radius 2 is 2.13 bits per heavy atom. The first kappa shape index (κ1) is 12.5. The van der Waals surface area contributed by atoms with Crippen LogP contribution in [0.4, 0.5) is 0 Å². The van der Waals surface area contributed by atoms with Crippen molar-refractivity contribution in [1.29, 1.82) is 5.26 Å². The molecule has 0 aromatic carbocycles. The smallest absolute Gasteiger partial charge is 0.0638 e. The maximum atomic E-state index is 8.68. The molecule has 3 heteroatoms. The van der Waals surface area contributed by atoms with Gasteiger partial charge in [-0.05, 0) is 26.4 Å². The van der Waals surface area contributed by atoms with Gasteiger partial charge in [0, 0.05) is 25.2 Å². The zero-order valence-corrected chi connectivity index (χ0v) is 10.2. The van der Waals surface area contributed by atoms with Gasteiger partial charge in [0.1, 0.15) is 0 Å². The molecule has 1 rings (SSSR count). The minimum absolute atomic E-state index is 0.426. The van der Waals surface area contributed by atoms with Crippen molar-refractivity contribution in [3.05, 3.63) is 0 Å². The van der Waals surface area contributed by atoms with Crippen LogP contribution in [0.5, 0.6) is 0 Å². The number of likely N-dealkylation sites (tertiary alicyclic amines) is 1. The summed E-state index contributed by atoms with van der Waals surface area (Å²) in [5.41, 5.74) is 0. The molecule has 1 heterocycles. The second-order valence-electron chi connectivity index (χ2n) is 4.37. The minimum atomic E-state index is 0.426. The van der Waals surface area contributed by atoms with E-state index in [1.165, 1.54) is 6.42 Å². The highest BCUT2D eigenvalue weighted by Gasteiger charge is 2.28. The van der Waals surface area contributed by atoms with Crippen LogP contribution in [-0.2, 0) is 0 Å². The molecule has 1 fully saturated rings. The molecule has 0 aromatic heterocycles. The summed E-state index contributed by atoms with van der Waals surface area (Å²) in [5.74, 6) is 0. The lowest BCUT2D eigenvalue weighted by Gasteiger charge is -2.27. The Kier molecular flexibility index (Phi) is 5.07. The lowest BCUT2D eigenvalue weighted by Crippen LogP contribution is -2.39. The molecule has 15 heavy (non-hydrogen) atoms. The van der Waals surface area contributed by atoms with Gasteiger partial charge in [-0.1, -0.05) is 13.8 Å². The molecular formula is C12H23N3. The Hall–Kier alpha value is -0.590. The molecule has 0 radical (unpaired) electrons. The average molecular weight is 209 g/mol. The Bertz CT molecular complexity index is 217. The van der Waals surface area contributed by atoms with Gasteiger partial charge in [-0.25, -0.2) is 0 Å². The first-order valence-corrected chi connectivity index (χ1v) is 6.07. The molecule has 3 nitrogen and oxygen atoms in total. The lowest BCUT2D eigenvalue weighted by molar-refractivity contribution is 0.194. The number of likely N-dealkylation sites (N-methyl/N-ethyl adjacent to an activating group) is 1. The van der Waals surface area contributed by atoms with Crippen molar-refractivity contribution >= 4 is 0 Å². The van der Waals surface area contributed by atoms with Crippen LogP contribution < -0.4 is 0 Å². The maximum absolute atomic E-state index is 8.68. The summed E-state index contributed by atoms with van der Waals surface area (Å²) in [7, 11) is 0. The molecule has 0 aromatic rings. The number of hydrogen-bond acceptors (Lipinski definition) is 3. The van der Waals surface area contributed by atoms with Crippen molar-refractivity contribution < 1.29 is 0 Å². The van der Waals surface area contributed by atoms with Crippen LogP contribution in [-0.4, -0.2) is 48.1 Å². The molecule has 2 atom stereocenters. The molecule has 0 amide bonds. The predicted molar refractivity (Wildman–Crippen MR) is 62.6 cm³/mol. The van der Waals surface area contributed by atoms with Crippen molar-refractivity contribution in [3.8, 4) is 6.07 Å². The van der Waals surface area contributed by atoms with Gasteiger partial charge in [0.15, 0.2) is 0 Å². The lowest BCUT2D eigenvalue weighted by atomic mass is 10.2. The van der Waals surface area contributed by atoms with Crippen LogP contribution in [0.15, 0.2) is 0 Å². The highest BCUT2D eigenvalue weighted by molar-refractivity contribution is 4.88. The maximum Gasteiger partial charge on any atom is 0.0638 e. The van der Waals surface area contributed by atoms with Gasteiger partial charge in [-0.15, -0.1) is 0 Å². The van der Waals surface area contributed by atoms with E-state index in [1.54, 1.807) is 0 Å². The molecule has 0 saturated carbocycles. The molecule has 0 aliphatic carbocycles. The number of nitriles is 1. The third-order valence-electron chi connectivity index (χ3n) is 3.53. The Morgan fingerprint density at radius 3 is 2.67 bits per heavy atom. The van der Waals surface area contributed by atoms with E-state index in [4.69, 9.17) is 5.26 Å². The summed E-state index contributed by atoms with van der Waals surface area (Å²) >= 11 is 0. The standard InChI is InChI=1S/C12H23N3/c1-4-14(5-2)12-7-9-15(10-12)11(3)6-8-13/h11-12H,4-7,9-10H2,1-3H3. The summed E-state index contributed by atoms with van der Waals surface area (Å²) in [6.45, 7) is 11.2. The summed E-state index contributed by atoms with van der Waals surface area (Å²) in [5, 5.41) is 8.68. The normalized spacial score (nSPS) is 24.3. The molecule has 2 unspecified atom stereocenters. The summed E-state index contributed by atoms with van der Waals surface area (Å²) in [4.78, 5) is 4.98. The Labute approximate surface area is 93.7 Å². The van der Waals surface area contributed by atoms with Crippen LogP contribution in [0.2, 0.25) is 0 Å². The van der Waals surface area contributed by atoms with E-state index in [0.29, 0.717) is 18.5 Å². The molecule has 0 bridgehead atoms. The number of nitrogens with zero attached hydrogens (tertiary/aromatic N) is 3. The van der Waals surface area contributed by atoms with E-state index >= 15 is 0 Å². The van der Waals surface area contributed by atoms with E-state index in [9.17, 15) is 0 Å². The Balaban J connectivity index is 2.41. The van der Waals surface area contributed by atoms with Crippen LogP contribution >= 0.6 is 0 Å². The largest absolute Gasteiger partial charge is 0.300 e. The van der Waals surface area contributed by atoms with E-state index in [2.05, 4.69) is 36.6 Å². The van der Waals surface area contributed by atoms with E-state index in [-0.39, 0.29) is 0 Å². The van der Waals surface area contributed by atoms with Crippen molar-refractivity contribution in [2.45, 2.75) is 45.7 Å². The fraction of sp³-hybridized carbons (Fsp3) is 0.917. The highest BCUT2D eigenvalue weighted by Crippen LogP contribution is 2.18. The molecule has 0 N–H and O–H groups in total. The Morgan fingerprint density at radius 1 is 1.47 bits per heavy atom. The molecule has 1 saturated heterocycles. The first-order chi connectivity index (χ1) is 7.22. The summed E-state index contributed by atoms with van der Waals surface area (Å²) in [6, 6.07) is 3.40. The second kappa shape index (κ2) is 6.09. The third-order valence-corrected chi connectivity index (χ3v) is 3.53. The quantitative estimate of drug-likeness (QED) is 0.690. The zero-order valence-electron chi connectivity index (χ0n) is 10.2. The second-order valence-corrected chi connectivity index (χ2v) is 4.37. The van der Waals surface area contributed by atoms with Gasteiger partial charge in [0.05, 0.1) is 12.5 Å². The monoisotopic (exact) mass is 209 g/mol. The van der Waals surface area contributed by atoms with Crippen LogP contribution in [0, 0.1) is 11.3 Å². The molecule has 86 valence electrons. The van der Waals surface area contributed by atoms with E-state index in [1.807, 2.05) is 0 Å². The van der Waals surface area contributed by atoms with Gasteiger partial charge in [-0.3, -0.25) is 9.80 Å². The first-order valence-electron chi connectivity index (χ1n) is 6.07. The van der Waals surface area contributed by atoms with Crippen molar-refractivity contribution in [3.63, 3.8) is 0 Å². The van der Waals surface area contributed by atoms with E-state index in [0.717, 1.165) is 26.2 Å². The average Bonchev–Trinajstić information content (AvgIpc) is 2.69. The van der Waals surface area contributed by atoms with Gasteiger partial charge in [0.2, 0.25) is 0 Å². The molecule has 1 aliphatic rings. The third kappa shape index (κ3) is 3.19. The molecule has 0 spiro atoms. The molecule has 1 aliphatic heterocycles. The van der Waals surface area contributed by atoms with Crippen LogP contribution in [0.1, 0.15) is 33.6 Å². The topological polar surface area (TPSA) is 30.3 Å². The van der Waals surface area contributed by atoms with Gasteiger partial charge in [-0.2, -0.15) is 5.26 Å². The fourth-order valence-corrected chi connectivity index (χ4v) is 2.47. The minimum Gasteiger partial charge on any atom is -0.300 e. The number of rotatable bonds is 5. The van der Waals surface area contributed by atoms with Gasteiger partial charge < -0.3 is 0 Å². The van der Waals surface area contributed by atoms with Crippen molar-refractivity contribution in [1.82, 2.24) is 9.80 Å². The SMILES string of the molecule is CCN(CC)C1CCN(C(C)CC#N)C1. The van der Waals surface area contributed by atoms with Crippen molar-refractivity contribution in [2.24, 2.45) is 0 Å². The zero-order chi connectivity index (χ0) is 11.3. The predicted octanol–water partition coefficient (Wildman–Crippen LogP) is 1.70. The highest BCUT2D eigenvalue weighted by atomic mass is 15.3. The molecular weight excluding hydrogens is 186 g/mol. The van der Waals surface area contributed by atoms with Crippen molar-refractivity contribution in [2.75, 3.05) is 26.2 Å². The van der Waals surface area contributed by atoms with Gasteiger partial charge >= 0.3 is 0 Å². The summed E-state index contributed by atoms with van der Waals surface area (Å²) < 4.78 is 0. The van der Waals surface area contributed by atoms with E-state index < -0.39 is 0 Å². The van der Waals surface area contributed by atoms with Gasteiger partial charge in [0.25, 0.3) is 0 Å². The summed E-state index contributed by atoms with van der Waals surface area (Å²) in [6.07, 6.45) is 1.92. The number of hydrogen-bond donors (Lipinski definition) is 0. The van der Waals surface area contributed by atoms with Crippen LogP contribution in [0.3, 0.4) is 0 Å². The fourth-order valence-electron chi connectivity index (χ4n) is 2.47. The van der Waals surface area contributed by atoms with Crippen LogP contribution in [0.25, 0.3) is 0 Å².